The van der Waals surface area contributed by atoms with E-state index in [4.69, 9.17) is 0 Å². The van der Waals surface area contributed by atoms with Crippen molar-refractivity contribution in [3.63, 3.8) is 0 Å². The molecule has 0 atom stereocenters. The van der Waals surface area contributed by atoms with Crippen LogP contribution in [0.1, 0.15) is 12.8 Å². The van der Waals surface area contributed by atoms with Crippen LogP contribution in [0.4, 0.5) is 8.78 Å². The average Bonchev–Trinajstić information content (AvgIpc) is 1.79. The van der Waals surface area contributed by atoms with E-state index in [2.05, 4.69) is 15.9 Å². The van der Waals surface area contributed by atoms with Crippen molar-refractivity contribution in [3.05, 3.63) is 8.06 Å². The van der Waals surface area contributed by atoms with E-state index in [0.29, 0.717) is 4.48 Å². The molecule has 0 amide bonds. The topological polar surface area (TPSA) is 0 Å². The molecule has 1 aliphatic rings. The molecule has 0 aromatic heterocycles. The van der Waals surface area contributed by atoms with Crippen molar-refractivity contribution in [1.29, 1.82) is 0 Å². The van der Waals surface area contributed by atoms with Crippen LogP contribution in [0.25, 0.3) is 0 Å². The summed E-state index contributed by atoms with van der Waals surface area (Å²) in [5.74, 6) is -2.49. The summed E-state index contributed by atoms with van der Waals surface area (Å²) in [6, 6.07) is 0. The summed E-state index contributed by atoms with van der Waals surface area (Å²) in [5.41, 5.74) is 0. The van der Waals surface area contributed by atoms with E-state index in [-0.39, 0.29) is 12.8 Å². The number of rotatable bonds is 0. The summed E-state index contributed by atoms with van der Waals surface area (Å²) in [4.78, 5) is 0. The lowest BCUT2D eigenvalue weighted by molar-refractivity contribution is 0.0150. The molecule has 1 aliphatic carbocycles. The van der Waals surface area contributed by atoms with Crippen LogP contribution in [0, 0.1) is 0 Å². The molecule has 0 aromatic rings. The lowest BCUT2D eigenvalue weighted by Gasteiger charge is -2.04. The van der Waals surface area contributed by atoms with Crippen molar-refractivity contribution in [3.8, 4) is 0 Å². The average molecular weight is 309 g/mol. The van der Waals surface area contributed by atoms with Gasteiger partial charge in [-0.25, -0.2) is 8.78 Å². The van der Waals surface area contributed by atoms with Gasteiger partial charge in [0, 0.05) is 20.9 Å². The molecule has 4 heteroatoms. The second-order valence-electron chi connectivity index (χ2n) is 2.02. The molecule has 0 fully saturated rings. The third-order valence-electron chi connectivity index (χ3n) is 1.12. The van der Waals surface area contributed by atoms with Gasteiger partial charge in [0.25, 0.3) is 5.92 Å². The van der Waals surface area contributed by atoms with Gasteiger partial charge in [-0.3, -0.25) is 0 Å². The molecule has 0 radical (unpaired) electrons. The van der Waals surface area contributed by atoms with Gasteiger partial charge in [0.1, 0.15) is 0 Å². The van der Waals surface area contributed by atoms with Crippen molar-refractivity contribution in [2.45, 2.75) is 18.8 Å². The van der Waals surface area contributed by atoms with Crippen molar-refractivity contribution in [1.82, 2.24) is 0 Å². The van der Waals surface area contributed by atoms with Gasteiger partial charge >= 0.3 is 0 Å². The lowest BCUT2D eigenvalue weighted by Crippen LogP contribution is -2.08. The zero-order chi connectivity index (χ0) is 7.07. The molecule has 1 rings (SSSR count). The molecule has 0 aromatic carbocycles. The van der Waals surface area contributed by atoms with Crippen LogP contribution in [-0.2, 0) is 0 Å². The Morgan fingerprint density at radius 2 is 2.00 bits per heavy atom. The van der Waals surface area contributed by atoms with E-state index in [1.165, 1.54) is 0 Å². The molecule has 0 heterocycles. The molecule has 0 saturated heterocycles. The van der Waals surface area contributed by atoms with Crippen LogP contribution in [-0.4, -0.2) is 5.92 Å². The maximum Gasteiger partial charge on any atom is 0.257 e. The summed E-state index contributed by atoms with van der Waals surface area (Å²) in [7, 11) is 0. The van der Waals surface area contributed by atoms with E-state index in [0.717, 1.165) is 3.58 Å². The van der Waals surface area contributed by atoms with Gasteiger partial charge in [-0.2, -0.15) is 0 Å². The molecule has 0 spiro atoms. The number of allylic oxidation sites excluding steroid dienone is 2. The summed E-state index contributed by atoms with van der Waals surface area (Å²) in [6.07, 6.45) is -0.209. The Balaban J connectivity index is 2.70. The first-order valence-electron chi connectivity index (χ1n) is 2.42. The minimum absolute atomic E-state index is 0.0891. The van der Waals surface area contributed by atoms with E-state index >= 15 is 0 Å². The molecule has 52 valence electrons. The predicted octanol–water partition coefficient (Wildman–Crippen LogP) is 3.46. The lowest BCUT2D eigenvalue weighted by atomic mass is 10.3. The van der Waals surface area contributed by atoms with Gasteiger partial charge in [0.2, 0.25) is 0 Å². The molecule has 9 heavy (non-hydrogen) atoms. The molecule has 0 N–H and O–H groups in total. The Hall–Kier alpha value is 0.810. The molecule has 0 unspecified atom stereocenters. The number of hydrogen-bond acceptors (Lipinski definition) is 0. The maximum absolute atomic E-state index is 12.4. The van der Waals surface area contributed by atoms with Crippen LogP contribution in [0.5, 0.6) is 0 Å². The number of alkyl halides is 2. The third kappa shape index (κ3) is 1.86. The Morgan fingerprint density at radius 3 is 2.11 bits per heavy atom. The zero-order valence-corrected chi connectivity index (χ0v) is 8.17. The smallest absolute Gasteiger partial charge is 0.206 e. The van der Waals surface area contributed by atoms with Crippen molar-refractivity contribution in [2.75, 3.05) is 0 Å². The molecule has 0 nitrogen and oxygen atoms in total. The van der Waals surface area contributed by atoms with E-state index < -0.39 is 5.92 Å². The van der Waals surface area contributed by atoms with Crippen LogP contribution in [0.15, 0.2) is 8.06 Å². The highest BCUT2D eigenvalue weighted by Gasteiger charge is 2.37. The van der Waals surface area contributed by atoms with E-state index in [1.807, 2.05) is 22.6 Å². The highest BCUT2D eigenvalue weighted by Crippen LogP contribution is 2.44. The van der Waals surface area contributed by atoms with Gasteiger partial charge in [-0.1, -0.05) is 15.9 Å². The predicted molar refractivity (Wildman–Crippen MR) is 44.2 cm³/mol. The second-order valence-corrected chi connectivity index (χ2v) is 4.28. The normalized spacial score (nSPS) is 25.3. The van der Waals surface area contributed by atoms with Crippen molar-refractivity contribution >= 4 is 38.5 Å². The Kier molecular flexibility index (Phi) is 2.15. The van der Waals surface area contributed by atoms with Gasteiger partial charge in [0.15, 0.2) is 0 Å². The first kappa shape index (κ1) is 7.91. The highest BCUT2D eigenvalue weighted by molar-refractivity contribution is 14.1. The zero-order valence-electron chi connectivity index (χ0n) is 4.43. The van der Waals surface area contributed by atoms with E-state index in [1.54, 1.807) is 0 Å². The summed E-state index contributed by atoms with van der Waals surface area (Å²) >= 11 is 5.01. The second kappa shape index (κ2) is 2.45. The number of halogens is 4. The van der Waals surface area contributed by atoms with E-state index in [9.17, 15) is 8.78 Å². The van der Waals surface area contributed by atoms with Gasteiger partial charge in [-0.15, -0.1) is 0 Å². The molecule has 0 aliphatic heterocycles. The highest BCUT2D eigenvalue weighted by atomic mass is 127. The first-order valence-corrected chi connectivity index (χ1v) is 4.29. The fraction of sp³-hybridized carbons (Fsp3) is 0.600. The Bertz CT molecular complexity index is 148. The summed E-state index contributed by atoms with van der Waals surface area (Å²) in [5, 5.41) is 0. The molecular formula is C5H4BrF2I. The fourth-order valence-corrected chi connectivity index (χ4v) is 2.01. The Labute approximate surface area is 74.0 Å². The number of hydrogen-bond donors (Lipinski definition) is 0. The van der Waals surface area contributed by atoms with Crippen LogP contribution < -0.4 is 0 Å². The summed E-state index contributed by atoms with van der Waals surface area (Å²) < 4.78 is 26.1. The van der Waals surface area contributed by atoms with Crippen molar-refractivity contribution < 1.29 is 8.78 Å². The monoisotopic (exact) mass is 308 g/mol. The first-order chi connectivity index (χ1) is 4.01. The van der Waals surface area contributed by atoms with Crippen LogP contribution in [0.2, 0.25) is 0 Å². The maximum atomic E-state index is 12.4. The SMILES string of the molecule is FC1(F)CC(Br)=C(I)C1. The standard InChI is InChI=1S/C5H4BrF2I/c6-3-1-5(7,8)2-4(3)9/h1-2H2. The minimum Gasteiger partial charge on any atom is -0.206 e. The van der Waals surface area contributed by atoms with Gasteiger partial charge in [0.05, 0.1) is 0 Å². The minimum atomic E-state index is -2.49. The largest absolute Gasteiger partial charge is 0.257 e. The fourth-order valence-electron chi connectivity index (χ4n) is 0.708. The quantitative estimate of drug-likeness (QED) is 0.601. The molecule has 0 saturated carbocycles. The molecular weight excluding hydrogens is 305 g/mol. The Morgan fingerprint density at radius 1 is 1.44 bits per heavy atom. The van der Waals surface area contributed by atoms with Gasteiger partial charge in [-0.05, 0) is 22.6 Å². The van der Waals surface area contributed by atoms with Crippen LogP contribution >= 0.6 is 38.5 Å². The molecule has 0 bridgehead atoms. The third-order valence-corrected chi connectivity index (χ3v) is 3.65. The van der Waals surface area contributed by atoms with Crippen molar-refractivity contribution in [2.24, 2.45) is 0 Å². The summed E-state index contributed by atoms with van der Waals surface area (Å²) in [6.45, 7) is 0. The van der Waals surface area contributed by atoms with Gasteiger partial charge < -0.3 is 0 Å². The van der Waals surface area contributed by atoms with Crippen LogP contribution in [0.3, 0.4) is 0 Å².